The molecule has 0 heterocycles. The van der Waals surface area contributed by atoms with E-state index in [-0.39, 0.29) is 5.56 Å². The summed E-state index contributed by atoms with van der Waals surface area (Å²) in [4.78, 5) is 0. The van der Waals surface area contributed by atoms with Crippen molar-refractivity contribution in [3.05, 3.63) is 70.3 Å². The SMILES string of the molecule is NNC(c1cc(F)c(F)c(F)c1)c1ccc(F)c(F)c1F. The van der Waals surface area contributed by atoms with Crippen LogP contribution >= 0.6 is 0 Å². The van der Waals surface area contributed by atoms with E-state index in [0.29, 0.717) is 18.2 Å². The molecule has 2 rings (SSSR count). The van der Waals surface area contributed by atoms with Gasteiger partial charge in [-0.15, -0.1) is 0 Å². The van der Waals surface area contributed by atoms with Gasteiger partial charge in [-0.1, -0.05) is 6.07 Å². The summed E-state index contributed by atoms with van der Waals surface area (Å²) in [7, 11) is 0. The highest BCUT2D eigenvalue weighted by Crippen LogP contribution is 2.28. The Bertz CT molecular complexity index is 666. The molecule has 2 nitrogen and oxygen atoms in total. The van der Waals surface area contributed by atoms with Crippen LogP contribution in [0.25, 0.3) is 0 Å². The van der Waals surface area contributed by atoms with E-state index in [1.54, 1.807) is 0 Å². The van der Waals surface area contributed by atoms with E-state index in [0.717, 1.165) is 6.07 Å². The minimum Gasteiger partial charge on any atom is -0.271 e. The van der Waals surface area contributed by atoms with Crippen LogP contribution < -0.4 is 11.3 Å². The first-order valence-electron chi connectivity index (χ1n) is 5.60. The standard InChI is InChI=1S/C13H8F6N2/c14-7-2-1-6(10(17)12(7)19)13(21-20)5-3-8(15)11(18)9(16)4-5/h1-4,13,21H,20H2. The third kappa shape index (κ3) is 2.72. The Morgan fingerprint density at radius 3 is 1.86 bits per heavy atom. The van der Waals surface area contributed by atoms with Crippen molar-refractivity contribution in [3.63, 3.8) is 0 Å². The molecule has 0 aliphatic carbocycles. The number of nitrogens with two attached hydrogens (primary N) is 1. The number of rotatable bonds is 3. The van der Waals surface area contributed by atoms with Gasteiger partial charge in [-0.05, 0) is 23.8 Å². The molecule has 112 valence electrons. The molecule has 0 radical (unpaired) electrons. The van der Waals surface area contributed by atoms with Crippen molar-refractivity contribution in [1.29, 1.82) is 0 Å². The second-order valence-corrected chi connectivity index (χ2v) is 4.16. The summed E-state index contributed by atoms with van der Waals surface area (Å²) in [6, 6.07) is 1.24. The fraction of sp³-hybridized carbons (Fsp3) is 0.0769. The van der Waals surface area contributed by atoms with Gasteiger partial charge in [-0.2, -0.15) is 0 Å². The summed E-state index contributed by atoms with van der Waals surface area (Å²) in [5, 5.41) is 0. The average molecular weight is 306 g/mol. The number of nitrogens with one attached hydrogen (secondary N) is 1. The van der Waals surface area contributed by atoms with Crippen molar-refractivity contribution in [1.82, 2.24) is 5.43 Å². The van der Waals surface area contributed by atoms with Crippen LogP contribution in [0.15, 0.2) is 24.3 Å². The lowest BCUT2D eigenvalue weighted by Gasteiger charge is -2.18. The lowest BCUT2D eigenvalue weighted by molar-refractivity contribution is 0.428. The molecule has 8 heteroatoms. The first-order valence-corrected chi connectivity index (χ1v) is 5.60. The summed E-state index contributed by atoms with van der Waals surface area (Å²) in [5.41, 5.74) is 1.23. The van der Waals surface area contributed by atoms with E-state index in [1.807, 2.05) is 5.43 Å². The number of benzene rings is 2. The molecule has 0 saturated heterocycles. The molecule has 0 spiro atoms. The van der Waals surface area contributed by atoms with Crippen molar-refractivity contribution < 1.29 is 26.3 Å². The Morgan fingerprint density at radius 2 is 1.33 bits per heavy atom. The Kier molecular flexibility index (Phi) is 4.19. The van der Waals surface area contributed by atoms with Crippen LogP contribution in [-0.4, -0.2) is 0 Å². The molecule has 0 aliphatic rings. The Balaban J connectivity index is 2.58. The van der Waals surface area contributed by atoms with E-state index >= 15 is 0 Å². The Labute approximate surface area is 115 Å². The topological polar surface area (TPSA) is 38.0 Å². The maximum Gasteiger partial charge on any atom is 0.194 e. The first kappa shape index (κ1) is 15.3. The zero-order valence-electron chi connectivity index (χ0n) is 10.2. The van der Waals surface area contributed by atoms with Crippen molar-refractivity contribution in [2.24, 2.45) is 5.84 Å². The van der Waals surface area contributed by atoms with Crippen LogP contribution in [0.3, 0.4) is 0 Å². The van der Waals surface area contributed by atoms with E-state index in [1.165, 1.54) is 0 Å². The van der Waals surface area contributed by atoms with Crippen molar-refractivity contribution >= 4 is 0 Å². The quantitative estimate of drug-likeness (QED) is 0.396. The summed E-state index contributed by atoms with van der Waals surface area (Å²) >= 11 is 0. The number of hydrogen-bond donors (Lipinski definition) is 2. The van der Waals surface area contributed by atoms with E-state index < -0.39 is 46.5 Å². The molecule has 0 bridgehead atoms. The fourth-order valence-corrected chi connectivity index (χ4v) is 1.87. The summed E-state index contributed by atoms with van der Waals surface area (Å²) < 4.78 is 79.0. The molecule has 1 unspecified atom stereocenters. The molecule has 2 aromatic carbocycles. The highest BCUT2D eigenvalue weighted by Gasteiger charge is 2.23. The molecule has 0 aromatic heterocycles. The van der Waals surface area contributed by atoms with Gasteiger partial charge in [-0.25, -0.2) is 31.8 Å². The van der Waals surface area contributed by atoms with Gasteiger partial charge in [-0.3, -0.25) is 5.84 Å². The number of hydrogen-bond acceptors (Lipinski definition) is 2. The molecular weight excluding hydrogens is 298 g/mol. The number of hydrazine groups is 1. The minimum atomic E-state index is -1.75. The third-order valence-electron chi connectivity index (χ3n) is 2.88. The van der Waals surface area contributed by atoms with Crippen molar-refractivity contribution in [2.75, 3.05) is 0 Å². The molecule has 0 aliphatic heterocycles. The average Bonchev–Trinajstić information content (AvgIpc) is 2.45. The second-order valence-electron chi connectivity index (χ2n) is 4.16. The lowest BCUT2D eigenvalue weighted by Crippen LogP contribution is -2.30. The minimum absolute atomic E-state index is 0.293. The molecule has 3 N–H and O–H groups in total. The largest absolute Gasteiger partial charge is 0.271 e. The van der Waals surface area contributed by atoms with Gasteiger partial charge in [0.2, 0.25) is 0 Å². The van der Waals surface area contributed by atoms with E-state index in [9.17, 15) is 26.3 Å². The molecule has 0 fully saturated rings. The van der Waals surface area contributed by atoms with Gasteiger partial charge < -0.3 is 0 Å². The van der Waals surface area contributed by atoms with Gasteiger partial charge >= 0.3 is 0 Å². The summed E-state index contributed by atoms with van der Waals surface area (Å²) in [6.07, 6.45) is 0. The highest BCUT2D eigenvalue weighted by molar-refractivity contribution is 5.34. The van der Waals surface area contributed by atoms with Gasteiger partial charge in [0.05, 0.1) is 6.04 Å². The van der Waals surface area contributed by atoms with Crippen LogP contribution in [-0.2, 0) is 0 Å². The zero-order chi connectivity index (χ0) is 15.7. The molecule has 0 saturated carbocycles. The van der Waals surface area contributed by atoms with Crippen LogP contribution in [0.4, 0.5) is 26.3 Å². The molecule has 2 aromatic rings. The fourth-order valence-electron chi connectivity index (χ4n) is 1.87. The normalized spacial score (nSPS) is 12.5. The van der Waals surface area contributed by atoms with Crippen LogP contribution in [0.5, 0.6) is 0 Å². The monoisotopic (exact) mass is 306 g/mol. The van der Waals surface area contributed by atoms with Crippen LogP contribution in [0.2, 0.25) is 0 Å². The van der Waals surface area contributed by atoms with Crippen molar-refractivity contribution in [2.45, 2.75) is 6.04 Å². The predicted octanol–water partition coefficient (Wildman–Crippen LogP) is 3.07. The van der Waals surface area contributed by atoms with Crippen LogP contribution in [0, 0.1) is 34.9 Å². The Morgan fingerprint density at radius 1 is 0.762 bits per heavy atom. The van der Waals surface area contributed by atoms with Crippen molar-refractivity contribution in [3.8, 4) is 0 Å². The third-order valence-corrected chi connectivity index (χ3v) is 2.88. The molecule has 1 atom stereocenters. The number of halogens is 6. The Hall–Kier alpha value is -2.06. The van der Waals surface area contributed by atoms with Gasteiger partial charge in [0.15, 0.2) is 34.9 Å². The maximum atomic E-state index is 13.7. The maximum absolute atomic E-state index is 13.7. The van der Waals surface area contributed by atoms with E-state index in [4.69, 9.17) is 5.84 Å². The van der Waals surface area contributed by atoms with Gasteiger partial charge in [0.1, 0.15) is 0 Å². The van der Waals surface area contributed by atoms with Gasteiger partial charge in [0.25, 0.3) is 0 Å². The smallest absolute Gasteiger partial charge is 0.194 e. The summed E-state index contributed by atoms with van der Waals surface area (Å²) in [6.45, 7) is 0. The second kappa shape index (κ2) is 5.74. The zero-order valence-corrected chi connectivity index (χ0v) is 10.2. The highest BCUT2D eigenvalue weighted by atomic mass is 19.2. The first-order chi connectivity index (χ1) is 9.86. The lowest BCUT2D eigenvalue weighted by atomic mass is 9.98. The van der Waals surface area contributed by atoms with E-state index in [2.05, 4.69) is 0 Å². The van der Waals surface area contributed by atoms with Crippen LogP contribution in [0.1, 0.15) is 17.2 Å². The van der Waals surface area contributed by atoms with Gasteiger partial charge in [0, 0.05) is 5.56 Å². The molecule has 21 heavy (non-hydrogen) atoms. The predicted molar refractivity (Wildman–Crippen MR) is 61.8 cm³/mol. The molecular formula is C13H8F6N2. The molecule has 0 amide bonds. The summed E-state index contributed by atoms with van der Waals surface area (Å²) in [5.74, 6) is -4.34.